The first-order valence-electron chi connectivity index (χ1n) is 4.85. The van der Waals surface area contributed by atoms with E-state index in [9.17, 15) is 4.79 Å². The highest BCUT2D eigenvalue weighted by atomic mass is 79.9. The molecular formula is C9H9BrN6O. The molecule has 2 aromatic heterocycles. The van der Waals surface area contributed by atoms with Crippen LogP contribution in [0.15, 0.2) is 29.4 Å². The van der Waals surface area contributed by atoms with Gasteiger partial charge >= 0.3 is 0 Å². The minimum absolute atomic E-state index is 0.142. The molecule has 0 saturated heterocycles. The van der Waals surface area contributed by atoms with E-state index < -0.39 is 0 Å². The van der Waals surface area contributed by atoms with Crippen molar-refractivity contribution in [1.29, 1.82) is 0 Å². The smallest absolute Gasteiger partial charge is 0.227 e. The lowest BCUT2D eigenvalue weighted by molar-refractivity contribution is -0.116. The summed E-state index contributed by atoms with van der Waals surface area (Å²) in [6, 6.07) is 0. The van der Waals surface area contributed by atoms with E-state index in [1.807, 2.05) is 0 Å². The molecule has 7 nitrogen and oxygen atoms in total. The number of aromatic nitrogens is 5. The van der Waals surface area contributed by atoms with Crippen LogP contribution in [0.4, 0.5) is 5.82 Å². The molecule has 1 N–H and O–H groups in total. The monoisotopic (exact) mass is 296 g/mol. The number of carbonyl (C=O) groups is 1. The number of amides is 1. The number of hydrogen-bond acceptors (Lipinski definition) is 5. The van der Waals surface area contributed by atoms with Crippen LogP contribution in [0.1, 0.15) is 6.42 Å². The van der Waals surface area contributed by atoms with Gasteiger partial charge in [-0.15, -0.1) is 5.10 Å². The van der Waals surface area contributed by atoms with Crippen molar-refractivity contribution in [3.63, 3.8) is 0 Å². The number of aryl methyl sites for hydroxylation is 1. The van der Waals surface area contributed by atoms with Gasteiger partial charge in [0.05, 0.1) is 25.1 Å². The number of rotatable bonds is 4. The van der Waals surface area contributed by atoms with E-state index in [0.717, 1.165) is 0 Å². The summed E-state index contributed by atoms with van der Waals surface area (Å²) in [6.45, 7) is 0.482. The third-order valence-electron chi connectivity index (χ3n) is 1.93. The molecule has 0 aliphatic heterocycles. The molecular weight excluding hydrogens is 288 g/mol. The summed E-state index contributed by atoms with van der Waals surface area (Å²) in [5.74, 6) is 0.286. The van der Waals surface area contributed by atoms with Crippen molar-refractivity contribution in [3.05, 3.63) is 29.4 Å². The summed E-state index contributed by atoms with van der Waals surface area (Å²) in [4.78, 5) is 19.5. The van der Waals surface area contributed by atoms with Gasteiger partial charge in [0.1, 0.15) is 4.60 Å². The number of hydrogen-bond donors (Lipinski definition) is 1. The first-order chi connectivity index (χ1) is 8.24. The van der Waals surface area contributed by atoms with Crippen molar-refractivity contribution >= 4 is 27.7 Å². The van der Waals surface area contributed by atoms with E-state index in [4.69, 9.17) is 0 Å². The fourth-order valence-corrected chi connectivity index (χ4v) is 1.36. The lowest BCUT2D eigenvalue weighted by atomic mass is 10.4. The molecule has 2 rings (SSSR count). The zero-order valence-corrected chi connectivity index (χ0v) is 10.3. The van der Waals surface area contributed by atoms with Crippen LogP contribution in [-0.4, -0.2) is 30.9 Å². The van der Waals surface area contributed by atoms with Gasteiger partial charge in [0.25, 0.3) is 0 Å². The number of halogens is 1. The van der Waals surface area contributed by atoms with Gasteiger partial charge < -0.3 is 5.32 Å². The first-order valence-corrected chi connectivity index (χ1v) is 5.65. The molecule has 0 aliphatic carbocycles. The average Bonchev–Trinajstić information content (AvgIpc) is 2.83. The second-order valence-corrected chi connectivity index (χ2v) is 4.00. The van der Waals surface area contributed by atoms with Crippen molar-refractivity contribution in [1.82, 2.24) is 25.0 Å². The maximum atomic E-state index is 11.5. The molecule has 0 saturated carbocycles. The number of carbonyl (C=O) groups excluding carboxylic acids is 1. The highest BCUT2D eigenvalue weighted by Crippen LogP contribution is 2.06. The molecule has 0 atom stereocenters. The molecule has 0 unspecified atom stereocenters. The zero-order valence-electron chi connectivity index (χ0n) is 8.75. The van der Waals surface area contributed by atoms with E-state index >= 15 is 0 Å². The number of anilines is 1. The van der Waals surface area contributed by atoms with Gasteiger partial charge in [-0.3, -0.25) is 9.48 Å². The maximum absolute atomic E-state index is 11.5. The Kier molecular flexibility index (Phi) is 3.76. The summed E-state index contributed by atoms with van der Waals surface area (Å²) in [7, 11) is 0. The summed E-state index contributed by atoms with van der Waals surface area (Å²) in [5.41, 5.74) is 0. The van der Waals surface area contributed by atoms with E-state index in [1.165, 1.54) is 12.4 Å². The fourth-order valence-electron chi connectivity index (χ4n) is 1.15. The molecule has 2 aromatic rings. The van der Waals surface area contributed by atoms with Crippen molar-refractivity contribution < 1.29 is 4.79 Å². The standard InChI is InChI=1S/C9H9BrN6O/c10-7-5-12-8(6-11-7)14-9(17)1-3-16-4-2-13-15-16/h2,4-6H,1,3H2,(H,12,14,17). The summed E-state index contributed by atoms with van der Waals surface area (Å²) >= 11 is 3.16. The lowest BCUT2D eigenvalue weighted by Crippen LogP contribution is -2.15. The Morgan fingerprint density at radius 1 is 1.41 bits per heavy atom. The van der Waals surface area contributed by atoms with Crippen LogP contribution in [0.25, 0.3) is 0 Å². The normalized spacial score (nSPS) is 10.2. The van der Waals surface area contributed by atoms with Crippen molar-refractivity contribution in [2.24, 2.45) is 0 Å². The van der Waals surface area contributed by atoms with Gasteiger partial charge in [-0.1, -0.05) is 5.21 Å². The summed E-state index contributed by atoms with van der Waals surface area (Å²) < 4.78 is 2.21. The van der Waals surface area contributed by atoms with E-state index in [-0.39, 0.29) is 5.91 Å². The van der Waals surface area contributed by atoms with Crippen molar-refractivity contribution in [2.45, 2.75) is 13.0 Å². The van der Waals surface area contributed by atoms with Gasteiger partial charge in [-0.05, 0) is 15.9 Å². The van der Waals surface area contributed by atoms with Crippen LogP contribution in [0.3, 0.4) is 0 Å². The Morgan fingerprint density at radius 2 is 2.29 bits per heavy atom. The predicted octanol–water partition coefficient (Wildman–Crippen LogP) is 0.859. The molecule has 0 aliphatic rings. The third-order valence-corrected chi connectivity index (χ3v) is 2.34. The highest BCUT2D eigenvalue weighted by Gasteiger charge is 2.04. The Hall–Kier alpha value is -1.83. The minimum Gasteiger partial charge on any atom is -0.309 e. The van der Waals surface area contributed by atoms with Crippen LogP contribution < -0.4 is 5.32 Å². The Morgan fingerprint density at radius 3 is 2.94 bits per heavy atom. The molecule has 1 amide bonds. The highest BCUT2D eigenvalue weighted by molar-refractivity contribution is 9.10. The summed E-state index contributed by atoms with van der Waals surface area (Å²) in [6.07, 6.45) is 6.58. The van der Waals surface area contributed by atoms with Gasteiger partial charge in [-0.2, -0.15) is 0 Å². The van der Waals surface area contributed by atoms with E-state index in [1.54, 1.807) is 17.1 Å². The quantitative estimate of drug-likeness (QED) is 0.904. The second-order valence-electron chi connectivity index (χ2n) is 3.19. The number of nitrogens with zero attached hydrogens (tertiary/aromatic N) is 5. The molecule has 88 valence electrons. The van der Waals surface area contributed by atoms with E-state index in [0.29, 0.717) is 23.4 Å². The first kappa shape index (κ1) is 11.6. The van der Waals surface area contributed by atoms with Gasteiger partial charge in [-0.25, -0.2) is 9.97 Å². The van der Waals surface area contributed by atoms with Crippen molar-refractivity contribution in [2.75, 3.05) is 5.32 Å². The van der Waals surface area contributed by atoms with Crippen LogP contribution in [0.2, 0.25) is 0 Å². The summed E-state index contributed by atoms with van der Waals surface area (Å²) in [5, 5.41) is 10.0. The second kappa shape index (κ2) is 5.48. The SMILES string of the molecule is O=C(CCn1ccnn1)Nc1cnc(Br)cn1. The molecule has 2 heterocycles. The van der Waals surface area contributed by atoms with Gasteiger partial charge in [0.2, 0.25) is 5.91 Å². The maximum Gasteiger partial charge on any atom is 0.227 e. The molecule has 17 heavy (non-hydrogen) atoms. The molecule has 0 radical (unpaired) electrons. The lowest BCUT2D eigenvalue weighted by Gasteiger charge is -2.03. The van der Waals surface area contributed by atoms with Crippen LogP contribution in [-0.2, 0) is 11.3 Å². The Balaban J connectivity index is 1.83. The van der Waals surface area contributed by atoms with E-state index in [2.05, 4.69) is 41.5 Å². The predicted molar refractivity (Wildman–Crippen MR) is 63.0 cm³/mol. The van der Waals surface area contributed by atoms with Gasteiger partial charge in [0, 0.05) is 12.6 Å². The Labute approximate surface area is 105 Å². The molecule has 0 spiro atoms. The Bertz CT molecular complexity index is 483. The average molecular weight is 297 g/mol. The largest absolute Gasteiger partial charge is 0.309 e. The van der Waals surface area contributed by atoms with Crippen LogP contribution in [0.5, 0.6) is 0 Å². The van der Waals surface area contributed by atoms with Crippen molar-refractivity contribution in [3.8, 4) is 0 Å². The molecule has 0 aromatic carbocycles. The minimum atomic E-state index is -0.142. The molecule has 0 bridgehead atoms. The zero-order chi connectivity index (χ0) is 12.1. The van der Waals surface area contributed by atoms with Gasteiger partial charge in [0.15, 0.2) is 5.82 Å². The fraction of sp³-hybridized carbons (Fsp3) is 0.222. The van der Waals surface area contributed by atoms with Crippen LogP contribution in [0, 0.1) is 0 Å². The molecule has 0 fully saturated rings. The van der Waals surface area contributed by atoms with Crippen LogP contribution >= 0.6 is 15.9 Å². The molecule has 8 heteroatoms. The topological polar surface area (TPSA) is 85.6 Å². The third kappa shape index (κ3) is 3.59. The number of nitrogens with one attached hydrogen (secondary N) is 1.